The molecule has 0 spiro atoms. The molecule has 0 bridgehead atoms. The van der Waals surface area contributed by atoms with Crippen LogP contribution in [0.2, 0.25) is 0 Å². The van der Waals surface area contributed by atoms with E-state index in [1.54, 1.807) is 24.9 Å². The van der Waals surface area contributed by atoms with Crippen molar-refractivity contribution < 1.29 is 9.13 Å². The number of guanidine groups is 1. The van der Waals surface area contributed by atoms with Crippen molar-refractivity contribution in [1.29, 1.82) is 0 Å². The molecule has 0 aromatic heterocycles. The van der Waals surface area contributed by atoms with Gasteiger partial charge in [0.15, 0.2) is 5.96 Å². The van der Waals surface area contributed by atoms with E-state index < -0.39 is 0 Å². The van der Waals surface area contributed by atoms with Crippen molar-refractivity contribution in [1.82, 2.24) is 10.6 Å². The minimum Gasteiger partial charge on any atom is -0.381 e. The maximum atomic E-state index is 13.4. The fourth-order valence-corrected chi connectivity index (χ4v) is 2.77. The molecular weight excluding hydrogens is 452 g/mol. The van der Waals surface area contributed by atoms with Crippen LogP contribution in [0.25, 0.3) is 0 Å². The Balaban J connectivity index is 0.00000576. The van der Waals surface area contributed by atoms with E-state index in [9.17, 15) is 4.39 Å². The molecule has 1 rings (SSSR count). The lowest BCUT2D eigenvalue weighted by Gasteiger charge is -2.14. The summed E-state index contributed by atoms with van der Waals surface area (Å²) in [6, 6.07) is 4.95. The summed E-state index contributed by atoms with van der Waals surface area (Å²) in [5.41, 5.74) is 2.12. The Hall–Kier alpha value is -0.540. The minimum absolute atomic E-state index is 0. The predicted molar refractivity (Wildman–Crippen MR) is 118 cm³/mol. The number of hydrogen-bond acceptors (Lipinski definition) is 3. The van der Waals surface area contributed by atoms with E-state index in [0.29, 0.717) is 6.54 Å². The van der Waals surface area contributed by atoms with Gasteiger partial charge in [-0.2, -0.15) is 11.8 Å². The van der Waals surface area contributed by atoms with E-state index in [2.05, 4.69) is 22.5 Å². The van der Waals surface area contributed by atoms with Crippen LogP contribution in [0.15, 0.2) is 23.2 Å². The third-order valence-corrected chi connectivity index (χ3v) is 4.14. The zero-order chi connectivity index (χ0) is 17.6. The van der Waals surface area contributed by atoms with E-state index in [1.807, 2.05) is 12.3 Å². The molecule has 0 aliphatic heterocycles. The summed E-state index contributed by atoms with van der Waals surface area (Å²) in [5.74, 6) is 1.37. The van der Waals surface area contributed by atoms with Crippen molar-refractivity contribution in [3.05, 3.63) is 35.1 Å². The van der Waals surface area contributed by atoms with Gasteiger partial charge in [0.1, 0.15) is 5.82 Å². The van der Waals surface area contributed by atoms with Gasteiger partial charge in [0, 0.05) is 39.1 Å². The molecule has 0 saturated carbocycles. The van der Waals surface area contributed by atoms with Crippen molar-refractivity contribution >= 4 is 41.7 Å². The molecule has 0 aliphatic rings. The number of thioether (sulfide) groups is 1. The summed E-state index contributed by atoms with van der Waals surface area (Å²) in [7, 11) is 1.75. The van der Waals surface area contributed by atoms with Crippen LogP contribution in [0, 0.1) is 5.82 Å². The summed E-state index contributed by atoms with van der Waals surface area (Å²) < 4.78 is 18.9. The van der Waals surface area contributed by atoms with Gasteiger partial charge in [-0.05, 0) is 42.4 Å². The van der Waals surface area contributed by atoms with Gasteiger partial charge in [-0.1, -0.05) is 19.4 Å². The molecular formula is C18H31FIN3OS. The number of halogens is 2. The van der Waals surface area contributed by atoms with Gasteiger partial charge in [0.25, 0.3) is 0 Å². The van der Waals surface area contributed by atoms with Crippen LogP contribution < -0.4 is 10.6 Å². The quantitative estimate of drug-likeness (QED) is 0.215. The Bertz CT molecular complexity index is 503. The van der Waals surface area contributed by atoms with Gasteiger partial charge in [-0.15, -0.1) is 24.0 Å². The molecule has 4 nitrogen and oxygen atoms in total. The fraction of sp³-hybridized carbons (Fsp3) is 0.611. The third kappa shape index (κ3) is 10.9. The molecule has 0 radical (unpaired) electrons. The van der Waals surface area contributed by atoms with Crippen LogP contribution in [0.3, 0.4) is 0 Å². The summed E-state index contributed by atoms with van der Waals surface area (Å²) in [6.07, 6.45) is 5.24. The number of benzene rings is 1. The predicted octanol–water partition coefficient (Wildman–Crippen LogP) is 4.18. The first-order chi connectivity index (χ1) is 11.7. The Morgan fingerprint density at radius 1 is 1.20 bits per heavy atom. The maximum absolute atomic E-state index is 13.4. The molecule has 0 saturated heterocycles. The average molecular weight is 483 g/mol. The van der Waals surface area contributed by atoms with E-state index >= 15 is 0 Å². The minimum atomic E-state index is -0.187. The van der Waals surface area contributed by atoms with E-state index in [-0.39, 0.29) is 29.8 Å². The second kappa shape index (κ2) is 15.7. The number of rotatable bonds is 11. The van der Waals surface area contributed by atoms with Crippen LogP contribution in [0.5, 0.6) is 0 Å². The molecule has 0 atom stereocenters. The molecule has 1 aromatic carbocycles. The smallest absolute Gasteiger partial charge is 0.191 e. The van der Waals surface area contributed by atoms with E-state index in [4.69, 9.17) is 4.74 Å². The monoisotopic (exact) mass is 483 g/mol. The number of nitrogens with zero attached hydrogens (tertiary/aromatic N) is 1. The third-order valence-electron chi connectivity index (χ3n) is 3.54. The standard InChI is InChI=1S/C18H30FN3OS.HI/c1-4-5-10-23-11-6-9-21-18(20-2)22-13-15-7-8-17(19)12-16(15)14-24-3;/h7-8,12H,4-6,9-11,13-14H2,1-3H3,(H2,20,21,22);1H. The lowest BCUT2D eigenvalue weighted by atomic mass is 10.1. The largest absolute Gasteiger partial charge is 0.381 e. The highest BCUT2D eigenvalue weighted by atomic mass is 127. The first-order valence-corrected chi connectivity index (χ1v) is 9.89. The Kier molecular flexibility index (Phi) is 15.4. The highest BCUT2D eigenvalue weighted by molar-refractivity contribution is 14.0. The second-order valence-electron chi connectivity index (χ2n) is 5.52. The highest BCUT2D eigenvalue weighted by Crippen LogP contribution is 2.16. The van der Waals surface area contributed by atoms with E-state index in [0.717, 1.165) is 61.9 Å². The maximum Gasteiger partial charge on any atom is 0.191 e. The molecule has 0 amide bonds. The van der Waals surface area contributed by atoms with Crippen LogP contribution in [0.1, 0.15) is 37.3 Å². The van der Waals surface area contributed by atoms with Crippen molar-refractivity contribution in [2.24, 2.45) is 4.99 Å². The fourth-order valence-electron chi connectivity index (χ4n) is 2.19. The number of nitrogens with one attached hydrogen (secondary N) is 2. The lowest BCUT2D eigenvalue weighted by molar-refractivity contribution is 0.129. The van der Waals surface area contributed by atoms with Gasteiger partial charge >= 0.3 is 0 Å². The average Bonchev–Trinajstić information content (AvgIpc) is 2.58. The first-order valence-electron chi connectivity index (χ1n) is 8.49. The summed E-state index contributed by atoms with van der Waals surface area (Å²) in [6.45, 7) is 5.20. The van der Waals surface area contributed by atoms with Crippen LogP contribution in [0.4, 0.5) is 4.39 Å². The van der Waals surface area contributed by atoms with Gasteiger partial charge in [-0.3, -0.25) is 4.99 Å². The molecule has 1 aromatic rings. The SMILES string of the molecule is CCCCOCCCNC(=NC)NCc1ccc(F)cc1CSC.I. The summed E-state index contributed by atoms with van der Waals surface area (Å²) in [5, 5.41) is 6.55. The van der Waals surface area contributed by atoms with Gasteiger partial charge < -0.3 is 15.4 Å². The van der Waals surface area contributed by atoms with Gasteiger partial charge in [0.05, 0.1) is 0 Å². The Morgan fingerprint density at radius 3 is 2.64 bits per heavy atom. The topological polar surface area (TPSA) is 45.6 Å². The Labute approximate surface area is 172 Å². The Morgan fingerprint density at radius 2 is 1.96 bits per heavy atom. The molecule has 0 fully saturated rings. The highest BCUT2D eigenvalue weighted by Gasteiger charge is 2.05. The molecule has 7 heteroatoms. The van der Waals surface area contributed by atoms with Crippen molar-refractivity contribution in [3.63, 3.8) is 0 Å². The number of hydrogen-bond donors (Lipinski definition) is 2. The van der Waals surface area contributed by atoms with Crippen LogP contribution in [-0.4, -0.2) is 39.0 Å². The molecule has 0 unspecified atom stereocenters. The van der Waals surface area contributed by atoms with Crippen LogP contribution >= 0.6 is 35.7 Å². The van der Waals surface area contributed by atoms with Gasteiger partial charge in [0.2, 0.25) is 0 Å². The zero-order valence-electron chi connectivity index (χ0n) is 15.4. The molecule has 0 heterocycles. The lowest BCUT2D eigenvalue weighted by Crippen LogP contribution is -2.37. The van der Waals surface area contributed by atoms with Crippen molar-refractivity contribution in [3.8, 4) is 0 Å². The van der Waals surface area contributed by atoms with Gasteiger partial charge in [-0.25, -0.2) is 4.39 Å². The number of aliphatic imine (C=N–C) groups is 1. The molecule has 2 N–H and O–H groups in total. The number of unbranched alkanes of at least 4 members (excludes halogenated alkanes) is 1. The van der Waals surface area contributed by atoms with Crippen LogP contribution in [-0.2, 0) is 17.0 Å². The first kappa shape index (κ1) is 24.5. The number of ether oxygens (including phenoxy) is 1. The zero-order valence-corrected chi connectivity index (χ0v) is 18.6. The van der Waals surface area contributed by atoms with E-state index in [1.165, 1.54) is 6.07 Å². The molecule has 144 valence electrons. The second-order valence-corrected chi connectivity index (χ2v) is 6.38. The summed E-state index contributed by atoms with van der Waals surface area (Å²) in [4.78, 5) is 4.22. The molecule has 25 heavy (non-hydrogen) atoms. The van der Waals surface area contributed by atoms with Crippen molar-refractivity contribution in [2.75, 3.05) is 33.1 Å². The normalized spacial score (nSPS) is 11.1. The summed E-state index contributed by atoms with van der Waals surface area (Å²) >= 11 is 1.69. The van der Waals surface area contributed by atoms with Crippen molar-refractivity contribution in [2.45, 2.75) is 38.5 Å². The molecule has 0 aliphatic carbocycles.